The van der Waals surface area contributed by atoms with Crippen LogP contribution in [0.5, 0.6) is 0 Å². The first kappa shape index (κ1) is 20.1. The Labute approximate surface area is 184 Å². The number of carbonyl (C=O) groups is 1. The second-order valence-electron chi connectivity index (χ2n) is 7.94. The average molecular weight is 429 g/mol. The molecule has 2 aromatic carbocycles. The van der Waals surface area contributed by atoms with Gasteiger partial charge in [0.25, 0.3) is 11.5 Å². The summed E-state index contributed by atoms with van der Waals surface area (Å²) < 4.78 is 6.46. The quantitative estimate of drug-likeness (QED) is 0.496. The van der Waals surface area contributed by atoms with Crippen LogP contribution in [-0.2, 0) is 6.54 Å². The minimum atomic E-state index is -0.240. The van der Waals surface area contributed by atoms with Gasteiger partial charge in [-0.25, -0.2) is 0 Å². The molecule has 1 amide bonds. The molecule has 8 heteroatoms. The number of hydrogen-bond donors (Lipinski definition) is 0. The highest BCUT2D eigenvalue weighted by Gasteiger charge is 2.26. The van der Waals surface area contributed by atoms with Crippen LogP contribution in [-0.4, -0.2) is 56.8 Å². The molecule has 0 aliphatic carbocycles. The molecular formula is C24H23N5O3. The topological polar surface area (TPSA) is 84.5 Å². The zero-order valence-corrected chi connectivity index (χ0v) is 17.8. The molecular weight excluding hydrogens is 406 g/mol. The van der Waals surface area contributed by atoms with Crippen LogP contribution in [0.2, 0.25) is 0 Å². The number of piperazine rings is 1. The Bertz CT molecular complexity index is 1320. The number of para-hydroxylation sites is 1. The third kappa shape index (κ3) is 3.80. The molecule has 0 N–H and O–H groups in total. The molecule has 1 saturated heterocycles. The fraction of sp³-hybridized carbons (Fsp3) is 0.250. The van der Waals surface area contributed by atoms with Gasteiger partial charge in [0.1, 0.15) is 5.76 Å². The Hall–Kier alpha value is -3.78. The van der Waals surface area contributed by atoms with Crippen LogP contribution in [0.4, 0.5) is 0 Å². The van der Waals surface area contributed by atoms with Crippen molar-refractivity contribution in [1.82, 2.24) is 24.7 Å². The number of aryl methyl sites for hydroxylation is 1. The molecule has 4 aromatic rings. The summed E-state index contributed by atoms with van der Waals surface area (Å²) in [7, 11) is 0. The number of fused-ring (bicyclic) bond motifs is 1. The summed E-state index contributed by atoms with van der Waals surface area (Å²) in [6, 6.07) is 18.3. The maximum Gasteiger partial charge on any atom is 0.279 e. The Morgan fingerprint density at radius 3 is 2.34 bits per heavy atom. The van der Waals surface area contributed by atoms with Crippen molar-refractivity contribution in [2.24, 2.45) is 0 Å². The number of amides is 1. The Kier molecular flexibility index (Phi) is 5.28. The van der Waals surface area contributed by atoms with Gasteiger partial charge in [0.05, 0.1) is 16.8 Å². The van der Waals surface area contributed by atoms with Crippen LogP contribution < -0.4 is 5.56 Å². The first-order valence-electron chi connectivity index (χ1n) is 10.6. The van der Waals surface area contributed by atoms with E-state index >= 15 is 0 Å². The summed E-state index contributed by atoms with van der Waals surface area (Å²) in [6.45, 7) is 5.19. The largest absolute Gasteiger partial charge is 0.361 e. The van der Waals surface area contributed by atoms with E-state index in [0.717, 1.165) is 24.5 Å². The monoisotopic (exact) mass is 429 g/mol. The lowest BCUT2D eigenvalue weighted by molar-refractivity contribution is 0.0620. The van der Waals surface area contributed by atoms with E-state index in [1.807, 2.05) is 49.4 Å². The lowest BCUT2D eigenvalue weighted by Gasteiger charge is -2.34. The summed E-state index contributed by atoms with van der Waals surface area (Å²) >= 11 is 0. The van der Waals surface area contributed by atoms with Gasteiger partial charge in [-0.05, 0) is 25.1 Å². The van der Waals surface area contributed by atoms with Crippen LogP contribution in [0.15, 0.2) is 70.0 Å². The standard InChI is InChI=1S/C24H23N5O3/c1-17-15-18(26-32-17)16-27-11-13-28(14-12-27)24(31)22-20-9-5-6-10-21(20)23(30)29(25-22)19-7-3-2-4-8-19/h2-10,15H,11-14,16H2,1H3. The van der Waals surface area contributed by atoms with Crippen molar-refractivity contribution < 1.29 is 9.32 Å². The fourth-order valence-electron chi connectivity index (χ4n) is 4.07. The zero-order chi connectivity index (χ0) is 22.1. The number of rotatable bonds is 4. The summed E-state index contributed by atoms with van der Waals surface area (Å²) in [5.41, 5.74) is 1.58. The molecule has 0 spiro atoms. The maximum absolute atomic E-state index is 13.5. The van der Waals surface area contributed by atoms with Gasteiger partial charge < -0.3 is 9.42 Å². The summed E-state index contributed by atoms with van der Waals surface area (Å²) in [5, 5.41) is 9.63. The van der Waals surface area contributed by atoms with Gasteiger partial charge >= 0.3 is 0 Å². The van der Waals surface area contributed by atoms with E-state index in [1.165, 1.54) is 4.68 Å². The smallest absolute Gasteiger partial charge is 0.279 e. The number of nitrogens with zero attached hydrogens (tertiary/aromatic N) is 5. The van der Waals surface area contributed by atoms with Gasteiger partial charge in [0, 0.05) is 44.2 Å². The van der Waals surface area contributed by atoms with E-state index in [0.29, 0.717) is 41.8 Å². The lowest BCUT2D eigenvalue weighted by Crippen LogP contribution is -2.48. The average Bonchev–Trinajstić information content (AvgIpc) is 3.24. The summed E-state index contributed by atoms with van der Waals surface area (Å²) in [6.07, 6.45) is 0. The molecule has 0 saturated carbocycles. The minimum absolute atomic E-state index is 0.164. The van der Waals surface area contributed by atoms with Crippen LogP contribution >= 0.6 is 0 Å². The third-order valence-corrected chi connectivity index (χ3v) is 5.73. The van der Waals surface area contributed by atoms with Gasteiger partial charge in [-0.2, -0.15) is 9.78 Å². The highest BCUT2D eigenvalue weighted by atomic mass is 16.5. The fourth-order valence-corrected chi connectivity index (χ4v) is 4.07. The van der Waals surface area contributed by atoms with Gasteiger partial charge in [-0.15, -0.1) is 0 Å². The second kappa shape index (κ2) is 8.39. The maximum atomic E-state index is 13.5. The van der Waals surface area contributed by atoms with Crippen LogP contribution in [0.1, 0.15) is 21.9 Å². The molecule has 1 fully saturated rings. The molecule has 0 radical (unpaired) electrons. The Morgan fingerprint density at radius 1 is 0.969 bits per heavy atom. The van der Waals surface area contributed by atoms with Gasteiger partial charge in [-0.3, -0.25) is 14.5 Å². The predicted molar refractivity (Wildman–Crippen MR) is 120 cm³/mol. The summed E-state index contributed by atoms with van der Waals surface area (Å²) in [4.78, 5) is 30.6. The van der Waals surface area contributed by atoms with Crippen molar-refractivity contribution in [3.63, 3.8) is 0 Å². The number of benzene rings is 2. The molecule has 8 nitrogen and oxygen atoms in total. The van der Waals surface area contributed by atoms with Crippen molar-refractivity contribution >= 4 is 16.7 Å². The molecule has 0 unspecified atom stereocenters. The molecule has 2 aromatic heterocycles. The predicted octanol–water partition coefficient (Wildman–Crippen LogP) is 2.64. The second-order valence-corrected chi connectivity index (χ2v) is 7.94. The van der Waals surface area contributed by atoms with E-state index in [4.69, 9.17) is 4.52 Å². The first-order valence-corrected chi connectivity index (χ1v) is 10.6. The summed E-state index contributed by atoms with van der Waals surface area (Å²) in [5.74, 6) is 0.628. The molecule has 5 rings (SSSR count). The number of hydrogen-bond acceptors (Lipinski definition) is 6. The Balaban J connectivity index is 1.42. The van der Waals surface area contributed by atoms with Gasteiger partial charge in [0.15, 0.2) is 5.69 Å². The van der Waals surface area contributed by atoms with Gasteiger partial charge in [0.2, 0.25) is 0 Å². The van der Waals surface area contributed by atoms with Crippen LogP contribution in [0, 0.1) is 6.92 Å². The van der Waals surface area contributed by atoms with E-state index in [2.05, 4.69) is 15.2 Å². The highest BCUT2D eigenvalue weighted by Crippen LogP contribution is 2.18. The van der Waals surface area contributed by atoms with Crippen molar-refractivity contribution in [2.45, 2.75) is 13.5 Å². The molecule has 3 heterocycles. The molecule has 162 valence electrons. The van der Waals surface area contributed by atoms with Crippen molar-refractivity contribution in [1.29, 1.82) is 0 Å². The van der Waals surface area contributed by atoms with Crippen LogP contribution in [0.25, 0.3) is 16.5 Å². The molecule has 0 atom stereocenters. The van der Waals surface area contributed by atoms with Crippen molar-refractivity contribution in [2.75, 3.05) is 26.2 Å². The Morgan fingerprint density at radius 2 is 1.66 bits per heavy atom. The third-order valence-electron chi connectivity index (χ3n) is 5.73. The zero-order valence-electron chi connectivity index (χ0n) is 17.8. The lowest BCUT2D eigenvalue weighted by atomic mass is 10.1. The van der Waals surface area contributed by atoms with E-state index in [-0.39, 0.29) is 11.5 Å². The normalized spacial score (nSPS) is 14.7. The molecule has 1 aliphatic rings. The highest BCUT2D eigenvalue weighted by molar-refractivity contribution is 6.04. The van der Waals surface area contributed by atoms with Crippen molar-refractivity contribution in [3.8, 4) is 5.69 Å². The number of aromatic nitrogens is 3. The minimum Gasteiger partial charge on any atom is -0.361 e. The van der Waals surface area contributed by atoms with Gasteiger partial charge in [-0.1, -0.05) is 41.6 Å². The molecule has 32 heavy (non-hydrogen) atoms. The first-order chi connectivity index (χ1) is 15.6. The van der Waals surface area contributed by atoms with Crippen LogP contribution in [0.3, 0.4) is 0 Å². The number of carbonyl (C=O) groups excluding carboxylic acids is 1. The van der Waals surface area contributed by atoms with E-state index in [9.17, 15) is 9.59 Å². The molecule has 1 aliphatic heterocycles. The van der Waals surface area contributed by atoms with E-state index < -0.39 is 0 Å². The van der Waals surface area contributed by atoms with Crippen molar-refractivity contribution in [3.05, 3.63) is 88.2 Å². The molecule has 0 bridgehead atoms. The van der Waals surface area contributed by atoms with E-state index in [1.54, 1.807) is 23.1 Å². The SMILES string of the molecule is Cc1cc(CN2CCN(C(=O)c3nn(-c4ccccc4)c(=O)c4ccccc34)CC2)no1.